The zero-order valence-corrected chi connectivity index (χ0v) is 29.4. The van der Waals surface area contributed by atoms with Crippen LogP contribution in [0.3, 0.4) is 0 Å². The summed E-state index contributed by atoms with van der Waals surface area (Å²) >= 11 is 0. The molecule has 2 heterocycles. The molecule has 0 saturated heterocycles. The number of aliphatic imine (C=N–C) groups is 1. The number of ether oxygens (including phenoxy) is 1. The van der Waals surface area contributed by atoms with Gasteiger partial charge >= 0.3 is 0 Å². The number of amidine groups is 1. The Morgan fingerprint density at radius 3 is 1.78 bits per heavy atom. The van der Waals surface area contributed by atoms with E-state index in [-0.39, 0.29) is 6.04 Å². The fourth-order valence-electron chi connectivity index (χ4n) is 8.99. The van der Waals surface area contributed by atoms with Crippen LogP contribution in [0, 0.1) is 0 Å². The molecule has 3 aliphatic rings. The highest BCUT2D eigenvalue weighted by Gasteiger charge is 2.51. The maximum atomic E-state index is 6.68. The zero-order chi connectivity index (χ0) is 35.6. The standard InChI is InChI=1S/C51H34N2O/c1-2-13-34(14-3-1)49-41-19-6-10-23-46(41)52-50(53-49)35-27-25-33(26-28-35)36-15-12-16-37(31-36)38-29-30-48-45(32-38)51(44-22-9-11-24-47(44)54-48)42-20-7-4-17-39(42)40-18-5-8-21-43(40)51/h1-32,49H,(H,52,53). The van der Waals surface area contributed by atoms with Crippen molar-refractivity contribution in [3.8, 4) is 44.9 Å². The first-order chi connectivity index (χ1) is 26.8. The topological polar surface area (TPSA) is 33.6 Å². The van der Waals surface area contributed by atoms with Crippen LogP contribution >= 0.6 is 0 Å². The first-order valence-corrected chi connectivity index (χ1v) is 18.6. The zero-order valence-electron chi connectivity index (χ0n) is 29.4. The number of benzene rings is 8. The van der Waals surface area contributed by atoms with E-state index >= 15 is 0 Å². The Balaban J connectivity index is 0.975. The molecule has 1 unspecified atom stereocenters. The third-order valence-corrected chi connectivity index (χ3v) is 11.4. The third kappa shape index (κ3) is 4.58. The Bertz CT molecular complexity index is 2740. The second-order valence-corrected chi connectivity index (χ2v) is 14.3. The fraction of sp³-hybridized carbons (Fsp3) is 0.0392. The molecule has 0 saturated carbocycles. The fourth-order valence-corrected chi connectivity index (χ4v) is 8.99. The molecule has 0 radical (unpaired) electrons. The Hall–Kier alpha value is -6.97. The number of nitrogens with one attached hydrogen (secondary N) is 1. The van der Waals surface area contributed by atoms with Gasteiger partial charge in [0.05, 0.1) is 17.1 Å². The summed E-state index contributed by atoms with van der Waals surface area (Å²) in [6.07, 6.45) is 0. The molecule has 3 heteroatoms. The van der Waals surface area contributed by atoms with Crippen LogP contribution in [0.2, 0.25) is 0 Å². The van der Waals surface area contributed by atoms with Crippen LogP contribution in [0.15, 0.2) is 199 Å². The van der Waals surface area contributed by atoms with Gasteiger partial charge < -0.3 is 10.1 Å². The van der Waals surface area contributed by atoms with Gasteiger partial charge in [-0.3, -0.25) is 0 Å². The van der Waals surface area contributed by atoms with Gasteiger partial charge in [0.1, 0.15) is 17.3 Å². The predicted octanol–water partition coefficient (Wildman–Crippen LogP) is 12.3. The maximum Gasteiger partial charge on any atom is 0.134 e. The summed E-state index contributed by atoms with van der Waals surface area (Å²) in [6.45, 7) is 0. The molecule has 1 spiro atoms. The molecule has 0 fully saturated rings. The van der Waals surface area contributed by atoms with Crippen molar-refractivity contribution in [1.82, 2.24) is 5.32 Å². The molecule has 54 heavy (non-hydrogen) atoms. The molecule has 0 amide bonds. The number of para-hydroxylation sites is 2. The van der Waals surface area contributed by atoms with E-state index in [2.05, 4.69) is 199 Å². The van der Waals surface area contributed by atoms with Crippen molar-refractivity contribution in [2.24, 2.45) is 4.99 Å². The van der Waals surface area contributed by atoms with Crippen molar-refractivity contribution in [2.75, 3.05) is 0 Å². The SMILES string of the molecule is c1ccc(C2NC(c3ccc(-c4cccc(-c5ccc6c(c5)C5(c7ccccc7O6)c6ccccc6-c6ccccc65)c4)cc3)=Nc3ccccc32)cc1. The molecule has 8 aromatic carbocycles. The number of hydrogen-bond acceptors (Lipinski definition) is 3. The Morgan fingerprint density at radius 1 is 0.426 bits per heavy atom. The lowest BCUT2D eigenvalue weighted by Crippen LogP contribution is -2.32. The minimum absolute atomic E-state index is 0.0343. The Kier molecular flexibility index (Phi) is 6.83. The van der Waals surface area contributed by atoms with Crippen molar-refractivity contribution in [3.05, 3.63) is 233 Å². The summed E-state index contributed by atoms with van der Waals surface area (Å²) < 4.78 is 6.68. The predicted molar refractivity (Wildman–Crippen MR) is 219 cm³/mol. The number of fused-ring (bicyclic) bond motifs is 10. The smallest absolute Gasteiger partial charge is 0.134 e. The van der Waals surface area contributed by atoms with E-state index in [0.717, 1.165) is 50.8 Å². The highest BCUT2D eigenvalue weighted by Crippen LogP contribution is 2.62. The quantitative estimate of drug-likeness (QED) is 0.199. The van der Waals surface area contributed by atoms with Crippen LogP contribution < -0.4 is 10.1 Å². The number of nitrogens with zero attached hydrogens (tertiary/aromatic N) is 1. The lowest BCUT2D eigenvalue weighted by molar-refractivity contribution is 0.436. The van der Waals surface area contributed by atoms with Gasteiger partial charge in [-0.15, -0.1) is 0 Å². The molecule has 8 aromatic rings. The second kappa shape index (κ2) is 12.0. The molecule has 11 rings (SSSR count). The van der Waals surface area contributed by atoms with Crippen LogP contribution in [0.5, 0.6) is 11.5 Å². The van der Waals surface area contributed by atoms with E-state index < -0.39 is 5.41 Å². The van der Waals surface area contributed by atoms with Gasteiger partial charge in [-0.05, 0) is 80.4 Å². The van der Waals surface area contributed by atoms with E-state index in [0.29, 0.717) is 0 Å². The minimum Gasteiger partial charge on any atom is -0.457 e. The van der Waals surface area contributed by atoms with E-state index in [1.54, 1.807) is 0 Å². The molecular formula is C51H34N2O. The Labute approximate surface area is 314 Å². The molecule has 2 aliphatic heterocycles. The van der Waals surface area contributed by atoms with Crippen molar-refractivity contribution in [2.45, 2.75) is 11.5 Å². The van der Waals surface area contributed by atoms with E-state index in [1.165, 1.54) is 44.5 Å². The third-order valence-electron chi connectivity index (χ3n) is 11.4. The van der Waals surface area contributed by atoms with Crippen molar-refractivity contribution >= 4 is 11.5 Å². The van der Waals surface area contributed by atoms with Gasteiger partial charge in [0.2, 0.25) is 0 Å². The normalized spacial score (nSPS) is 15.4. The van der Waals surface area contributed by atoms with E-state index in [1.807, 2.05) is 0 Å². The van der Waals surface area contributed by atoms with Gasteiger partial charge in [0.25, 0.3) is 0 Å². The average Bonchev–Trinajstić information content (AvgIpc) is 3.54. The summed E-state index contributed by atoms with van der Waals surface area (Å²) in [7, 11) is 0. The highest BCUT2D eigenvalue weighted by molar-refractivity contribution is 6.02. The first kappa shape index (κ1) is 30.6. The average molecular weight is 691 g/mol. The molecule has 3 nitrogen and oxygen atoms in total. The monoisotopic (exact) mass is 690 g/mol. The minimum atomic E-state index is -0.489. The molecule has 1 atom stereocenters. The van der Waals surface area contributed by atoms with Crippen molar-refractivity contribution in [3.63, 3.8) is 0 Å². The van der Waals surface area contributed by atoms with Gasteiger partial charge in [0, 0.05) is 22.3 Å². The maximum absolute atomic E-state index is 6.68. The summed E-state index contributed by atoms with van der Waals surface area (Å²) in [5.74, 6) is 2.68. The van der Waals surface area contributed by atoms with E-state index in [4.69, 9.17) is 9.73 Å². The summed E-state index contributed by atoms with van der Waals surface area (Å²) in [5.41, 5.74) is 16.1. The van der Waals surface area contributed by atoms with Gasteiger partial charge in [-0.25, -0.2) is 4.99 Å². The highest BCUT2D eigenvalue weighted by atomic mass is 16.5. The molecule has 1 N–H and O–H groups in total. The van der Waals surface area contributed by atoms with Crippen molar-refractivity contribution < 1.29 is 4.74 Å². The van der Waals surface area contributed by atoms with Crippen LogP contribution in [0.1, 0.15) is 45.0 Å². The summed E-state index contributed by atoms with van der Waals surface area (Å²) in [6, 6.07) is 69.7. The van der Waals surface area contributed by atoms with Crippen LogP contribution in [-0.2, 0) is 5.41 Å². The molecule has 0 bridgehead atoms. The lowest BCUT2D eigenvalue weighted by Gasteiger charge is -2.39. The molecule has 1 aliphatic carbocycles. The van der Waals surface area contributed by atoms with Gasteiger partial charge in [-0.2, -0.15) is 0 Å². The van der Waals surface area contributed by atoms with Crippen LogP contribution in [0.4, 0.5) is 5.69 Å². The summed E-state index contributed by atoms with van der Waals surface area (Å²) in [4.78, 5) is 5.05. The molecule has 0 aromatic heterocycles. The van der Waals surface area contributed by atoms with Crippen molar-refractivity contribution in [1.29, 1.82) is 0 Å². The van der Waals surface area contributed by atoms with E-state index in [9.17, 15) is 0 Å². The largest absolute Gasteiger partial charge is 0.457 e. The number of rotatable bonds is 4. The van der Waals surface area contributed by atoms with Crippen LogP contribution in [-0.4, -0.2) is 5.84 Å². The summed E-state index contributed by atoms with van der Waals surface area (Å²) in [5, 5.41) is 3.74. The molecule has 254 valence electrons. The Morgan fingerprint density at radius 2 is 1.00 bits per heavy atom. The van der Waals surface area contributed by atoms with Gasteiger partial charge in [-0.1, -0.05) is 164 Å². The number of hydrogen-bond donors (Lipinski definition) is 1. The molecular weight excluding hydrogens is 657 g/mol. The second-order valence-electron chi connectivity index (χ2n) is 14.3. The lowest BCUT2D eigenvalue weighted by atomic mass is 9.66. The van der Waals surface area contributed by atoms with Gasteiger partial charge in [0.15, 0.2) is 0 Å². The van der Waals surface area contributed by atoms with Crippen LogP contribution in [0.25, 0.3) is 33.4 Å². The first-order valence-electron chi connectivity index (χ1n) is 18.6.